The predicted octanol–water partition coefficient (Wildman–Crippen LogP) is 4.39. The topological polar surface area (TPSA) is 54.4 Å². The second kappa shape index (κ2) is 8.58. The van der Waals surface area contributed by atoms with Crippen LogP contribution in [0, 0.1) is 11.8 Å². The maximum Gasteiger partial charge on any atom is 0.139 e. The molecule has 1 N–H and O–H groups in total. The van der Waals surface area contributed by atoms with E-state index in [-0.39, 0.29) is 23.4 Å². The molecule has 0 saturated heterocycles. The number of hydrogen-bond acceptors (Lipinski definition) is 3. The summed E-state index contributed by atoms with van der Waals surface area (Å²) in [4.78, 5) is 24.4. The average Bonchev–Trinajstić information content (AvgIpc) is 2.40. The van der Waals surface area contributed by atoms with Gasteiger partial charge in [0.25, 0.3) is 0 Å². The minimum Gasteiger partial charge on any atom is -0.386 e. The fourth-order valence-corrected chi connectivity index (χ4v) is 3.02. The molecule has 0 spiro atoms. The van der Waals surface area contributed by atoms with Crippen LogP contribution >= 0.6 is 0 Å². The smallest absolute Gasteiger partial charge is 0.139 e. The van der Waals surface area contributed by atoms with Crippen molar-refractivity contribution in [3.05, 3.63) is 23.3 Å². The van der Waals surface area contributed by atoms with E-state index in [1.807, 2.05) is 26.0 Å². The molecule has 0 amide bonds. The lowest BCUT2D eigenvalue weighted by atomic mass is 9.85. The molecule has 0 bridgehead atoms. The van der Waals surface area contributed by atoms with E-state index in [9.17, 15) is 14.7 Å². The molecular formula is C20H32O3. The quantitative estimate of drug-likeness (QED) is 0.729. The summed E-state index contributed by atoms with van der Waals surface area (Å²) in [6.45, 7) is 9.49. The molecule has 0 aliphatic heterocycles. The van der Waals surface area contributed by atoms with Crippen molar-refractivity contribution in [1.29, 1.82) is 0 Å². The Balaban J connectivity index is 3.00. The highest BCUT2D eigenvalue weighted by Gasteiger charge is 2.23. The van der Waals surface area contributed by atoms with Gasteiger partial charge in [0.05, 0.1) is 5.60 Å². The van der Waals surface area contributed by atoms with E-state index in [4.69, 9.17) is 0 Å². The molecule has 0 heterocycles. The van der Waals surface area contributed by atoms with Crippen molar-refractivity contribution in [2.75, 3.05) is 0 Å². The number of hydrogen-bond donors (Lipinski definition) is 1. The Morgan fingerprint density at radius 1 is 1.17 bits per heavy atom. The van der Waals surface area contributed by atoms with Gasteiger partial charge in [-0.05, 0) is 51.5 Å². The minimum absolute atomic E-state index is 0.176. The second-order valence-corrected chi connectivity index (χ2v) is 7.66. The number of rotatable bonds is 1. The molecular weight excluding hydrogens is 288 g/mol. The maximum absolute atomic E-state index is 12.3. The molecule has 0 aromatic heterocycles. The molecule has 1 aliphatic carbocycles. The van der Waals surface area contributed by atoms with Crippen molar-refractivity contribution in [1.82, 2.24) is 0 Å². The summed E-state index contributed by atoms with van der Waals surface area (Å²) in [5.41, 5.74) is 1.04. The van der Waals surface area contributed by atoms with E-state index in [1.54, 1.807) is 13.8 Å². The summed E-state index contributed by atoms with van der Waals surface area (Å²) in [5.74, 6) is 0.559. The molecule has 3 heteroatoms. The largest absolute Gasteiger partial charge is 0.386 e. The lowest BCUT2D eigenvalue weighted by Gasteiger charge is -2.24. The highest BCUT2D eigenvalue weighted by Crippen LogP contribution is 2.27. The third-order valence-corrected chi connectivity index (χ3v) is 4.59. The Labute approximate surface area is 140 Å². The van der Waals surface area contributed by atoms with Gasteiger partial charge in [0.1, 0.15) is 11.6 Å². The number of carbonyl (C=O) groups is 2. The Kier molecular flexibility index (Phi) is 7.40. The van der Waals surface area contributed by atoms with Crippen molar-refractivity contribution >= 4 is 11.6 Å². The van der Waals surface area contributed by atoms with Crippen LogP contribution in [-0.2, 0) is 9.59 Å². The van der Waals surface area contributed by atoms with Gasteiger partial charge >= 0.3 is 0 Å². The van der Waals surface area contributed by atoms with Crippen molar-refractivity contribution in [2.24, 2.45) is 11.8 Å². The summed E-state index contributed by atoms with van der Waals surface area (Å²) in [7, 11) is 0. The first-order chi connectivity index (χ1) is 10.6. The molecule has 0 aromatic rings. The first-order valence-electron chi connectivity index (χ1n) is 8.73. The molecule has 1 aliphatic rings. The standard InChI is InChI=1S/C20H32O3/c1-14-7-6-8-19(22)16(3)13-17(20(4,5)23)10-9-15(2)12-18(21)11-14/h7,13,15-16,23H,6,8-12H2,1-5H3/b14-7+,17-13+/t15-,16+/m1/s1. The highest BCUT2D eigenvalue weighted by molar-refractivity contribution is 5.83. The molecule has 23 heavy (non-hydrogen) atoms. The number of ketones is 2. The summed E-state index contributed by atoms with van der Waals surface area (Å²) in [6, 6.07) is 0. The van der Waals surface area contributed by atoms with Gasteiger partial charge in [-0.2, -0.15) is 0 Å². The van der Waals surface area contributed by atoms with Gasteiger partial charge in [-0.1, -0.05) is 31.6 Å². The molecule has 0 unspecified atom stereocenters. The Hall–Kier alpha value is -1.22. The van der Waals surface area contributed by atoms with E-state index in [0.717, 1.165) is 24.0 Å². The minimum atomic E-state index is -0.925. The average molecular weight is 320 g/mol. The zero-order valence-corrected chi connectivity index (χ0v) is 15.3. The second-order valence-electron chi connectivity index (χ2n) is 7.66. The third kappa shape index (κ3) is 7.26. The molecule has 0 aromatic carbocycles. The lowest BCUT2D eigenvalue weighted by Crippen LogP contribution is -2.24. The van der Waals surface area contributed by atoms with Gasteiger partial charge < -0.3 is 5.11 Å². The summed E-state index contributed by atoms with van der Waals surface area (Å²) >= 11 is 0. The maximum atomic E-state index is 12.3. The van der Waals surface area contributed by atoms with E-state index in [0.29, 0.717) is 25.7 Å². The van der Waals surface area contributed by atoms with Gasteiger partial charge in [-0.25, -0.2) is 0 Å². The molecule has 130 valence electrons. The fourth-order valence-electron chi connectivity index (χ4n) is 3.02. The van der Waals surface area contributed by atoms with Crippen molar-refractivity contribution < 1.29 is 14.7 Å². The van der Waals surface area contributed by atoms with Gasteiger partial charge in [-0.15, -0.1) is 0 Å². The van der Waals surface area contributed by atoms with Crippen LogP contribution in [0.2, 0.25) is 0 Å². The van der Waals surface area contributed by atoms with Gasteiger partial charge in [0.2, 0.25) is 0 Å². The van der Waals surface area contributed by atoms with Gasteiger partial charge in [-0.3, -0.25) is 9.59 Å². The van der Waals surface area contributed by atoms with E-state index >= 15 is 0 Å². The van der Waals surface area contributed by atoms with Crippen molar-refractivity contribution in [2.45, 2.75) is 78.7 Å². The molecule has 0 radical (unpaired) electrons. The predicted molar refractivity (Wildman–Crippen MR) is 94.2 cm³/mol. The van der Waals surface area contributed by atoms with Crippen LogP contribution in [0.25, 0.3) is 0 Å². The Morgan fingerprint density at radius 3 is 2.43 bits per heavy atom. The van der Waals surface area contributed by atoms with Crippen LogP contribution in [0.3, 0.4) is 0 Å². The number of carbonyl (C=O) groups excluding carboxylic acids is 2. The third-order valence-electron chi connectivity index (χ3n) is 4.59. The number of Topliss-reactive ketones (excluding diaryl/α,β-unsaturated/α-hetero) is 2. The summed E-state index contributed by atoms with van der Waals surface area (Å²) in [6.07, 6.45) is 7.76. The summed E-state index contributed by atoms with van der Waals surface area (Å²) in [5, 5.41) is 10.4. The Bertz CT molecular complexity index is 492. The number of aliphatic hydroxyl groups is 1. The molecule has 3 nitrogen and oxygen atoms in total. The molecule has 1 rings (SSSR count). The van der Waals surface area contributed by atoms with Crippen molar-refractivity contribution in [3.8, 4) is 0 Å². The molecule has 0 saturated carbocycles. The van der Waals surface area contributed by atoms with Crippen LogP contribution in [-0.4, -0.2) is 22.3 Å². The van der Waals surface area contributed by atoms with Crippen LogP contribution in [0.4, 0.5) is 0 Å². The number of allylic oxidation sites excluding steroid dienone is 3. The normalized spacial score (nSPS) is 30.9. The van der Waals surface area contributed by atoms with Crippen LogP contribution in [0.5, 0.6) is 0 Å². The van der Waals surface area contributed by atoms with Crippen molar-refractivity contribution in [3.63, 3.8) is 0 Å². The van der Waals surface area contributed by atoms with Crippen LogP contribution in [0.1, 0.15) is 73.1 Å². The SMILES string of the molecule is C/C1=C\CCC(=O)[C@@H](C)/C=C(/C(C)(C)O)CC[C@@H](C)CC(=O)C1. The molecule has 0 fully saturated rings. The first kappa shape index (κ1) is 19.8. The summed E-state index contributed by atoms with van der Waals surface area (Å²) < 4.78 is 0. The molecule has 2 atom stereocenters. The highest BCUT2D eigenvalue weighted by atomic mass is 16.3. The monoisotopic (exact) mass is 320 g/mol. The van der Waals surface area contributed by atoms with E-state index in [1.165, 1.54) is 0 Å². The fraction of sp³-hybridized carbons (Fsp3) is 0.700. The zero-order valence-electron chi connectivity index (χ0n) is 15.3. The van der Waals surface area contributed by atoms with Crippen LogP contribution in [0.15, 0.2) is 23.3 Å². The van der Waals surface area contributed by atoms with E-state index in [2.05, 4.69) is 6.92 Å². The van der Waals surface area contributed by atoms with Crippen LogP contribution < -0.4 is 0 Å². The first-order valence-corrected chi connectivity index (χ1v) is 8.73. The Morgan fingerprint density at radius 2 is 1.83 bits per heavy atom. The lowest BCUT2D eigenvalue weighted by molar-refractivity contribution is -0.121. The zero-order chi connectivity index (χ0) is 17.6. The van der Waals surface area contributed by atoms with E-state index < -0.39 is 5.60 Å². The van der Waals surface area contributed by atoms with Gasteiger partial charge in [0.15, 0.2) is 0 Å². The van der Waals surface area contributed by atoms with Gasteiger partial charge in [0, 0.05) is 25.2 Å².